The van der Waals surface area contributed by atoms with Crippen molar-refractivity contribution in [1.29, 1.82) is 0 Å². The van der Waals surface area contributed by atoms with Gasteiger partial charge < -0.3 is 15.4 Å². The number of hydrogen-bond donors (Lipinski definition) is 1. The van der Waals surface area contributed by atoms with Crippen LogP contribution in [0.25, 0.3) is 5.57 Å². The number of pyridine rings is 1. The minimum atomic E-state index is -0.586. The van der Waals surface area contributed by atoms with Gasteiger partial charge in [0.25, 0.3) is 5.91 Å². The molecule has 0 spiro atoms. The summed E-state index contributed by atoms with van der Waals surface area (Å²) >= 11 is 0. The number of nitrogens with two attached hydrogens (primary N) is 1. The maximum atomic E-state index is 13.7. The molecule has 0 unspecified atom stereocenters. The highest BCUT2D eigenvalue weighted by atomic mass is 19.1. The van der Waals surface area contributed by atoms with Gasteiger partial charge in [0.05, 0.1) is 30.4 Å². The summed E-state index contributed by atoms with van der Waals surface area (Å²) in [5, 5.41) is 0. The average Bonchev–Trinajstić information content (AvgIpc) is 3.32. The summed E-state index contributed by atoms with van der Waals surface area (Å²) in [7, 11) is 0. The number of allylic oxidation sites excluding steroid dienone is 1. The third kappa shape index (κ3) is 4.85. The Morgan fingerprint density at radius 2 is 2.03 bits per heavy atom. The average molecular weight is 436 g/mol. The topological polar surface area (TPSA) is 97.9 Å². The van der Waals surface area contributed by atoms with Crippen molar-refractivity contribution in [2.24, 2.45) is 10.7 Å². The Morgan fingerprint density at radius 3 is 2.69 bits per heavy atom. The summed E-state index contributed by atoms with van der Waals surface area (Å²) < 4.78 is 19.8. The largest absolute Gasteiger partial charge is 0.488 e. The van der Waals surface area contributed by atoms with Crippen molar-refractivity contribution in [2.45, 2.75) is 32.3 Å². The second kappa shape index (κ2) is 9.30. The zero-order valence-electron chi connectivity index (χ0n) is 17.9. The molecule has 1 fully saturated rings. The predicted molar refractivity (Wildman–Crippen MR) is 119 cm³/mol. The number of amides is 2. The third-order valence-corrected chi connectivity index (χ3v) is 5.76. The molecule has 2 aromatic rings. The fourth-order valence-corrected chi connectivity index (χ4v) is 3.85. The summed E-state index contributed by atoms with van der Waals surface area (Å²) in [6.45, 7) is 3.34. The molecule has 7 nitrogen and oxygen atoms in total. The first-order valence-corrected chi connectivity index (χ1v) is 10.6. The number of aliphatic imine (C=N–C) groups is 1. The molecule has 0 aliphatic carbocycles. The number of aromatic nitrogens is 1. The Labute approximate surface area is 185 Å². The number of nitrogens with zero attached hydrogens (tertiary/aromatic N) is 3. The maximum Gasteiger partial charge on any atom is 0.252 e. The first-order chi connectivity index (χ1) is 15.4. The van der Waals surface area contributed by atoms with E-state index in [0.717, 1.165) is 5.57 Å². The lowest BCUT2D eigenvalue weighted by molar-refractivity contribution is -0.132. The van der Waals surface area contributed by atoms with E-state index in [1.165, 1.54) is 12.3 Å². The van der Waals surface area contributed by atoms with Crippen LogP contribution in [0.5, 0.6) is 5.75 Å². The molecule has 8 heteroatoms. The van der Waals surface area contributed by atoms with E-state index in [1.807, 2.05) is 6.08 Å². The monoisotopic (exact) mass is 436 g/mol. The van der Waals surface area contributed by atoms with E-state index in [4.69, 9.17) is 10.5 Å². The molecule has 2 aliphatic rings. The Bertz CT molecular complexity index is 1100. The van der Waals surface area contributed by atoms with Gasteiger partial charge in [0.15, 0.2) is 5.75 Å². The summed E-state index contributed by atoms with van der Waals surface area (Å²) in [4.78, 5) is 34.9. The number of carbonyl (C=O) groups is 2. The predicted octanol–water partition coefficient (Wildman–Crippen LogP) is 2.71. The van der Waals surface area contributed by atoms with Gasteiger partial charge >= 0.3 is 0 Å². The quantitative estimate of drug-likeness (QED) is 0.753. The van der Waals surface area contributed by atoms with Crippen LogP contribution in [-0.2, 0) is 11.2 Å². The number of piperidine rings is 1. The highest BCUT2D eigenvalue weighted by molar-refractivity contribution is 6.11. The van der Waals surface area contributed by atoms with E-state index in [9.17, 15) is 14.0 Å². The van der Waals surface area contributed by atoms with Crippen LogP contribution in [0, 0.1) is 12.7 Å². The van der Waals surface area contributed by atoms with Crippen molar-refractivity contribution >= 4 is 23.6 Å². The first kappa shape index (κ1) is 21.7. The Kier molecular flexibility index (Phi) is 6.30. The third-order valence-electron chi connectivity index (χ3n) is 5.76. The number of likely N-dealkylation sites (tertiary alicyclic amines) is 1. The summed E-state index contributed by atoms with van der Waals surface area (Å²) in [5.41, 5.74) is 8.53. The van der Waals surface area contributed by atoms with Crippen LogP contribution in [0.15, 0.2) is 41.5 Å². The SMILES string of the molecule is Cc1ccc(CC(=O)N2CCC(Oc3cnc(C4=CCN=C4)cc3C(N)=O)CC2)cc1F. The lowest BCUT2D eigenvalue weighted by Gasteiger charge is -2.32. The normalized spacial score (nSPS) is 16.2. The second-order valence-electron chi connectivity index (χ2n) is 8.04. The number of halogens is 1. The first-order valence-electron chi connectivity index (χ1n) is 10.6. The molecule has 0 radical (unpaired) electrons. The molecule has 0 saturated carbocycles. The van der Waals surface area contributed by atoms with E-state index in [1.54, 1.807) is 36.2 Å². The summed E-state index contributed by atoms with van der Waals surface area (Å²) in [6, 6.07) is 6.50. The fraction of sp³-hybridized carbons (Fsp3) is 0.333. The van der Waals surface area contributed by atoms with E-state index >= 15 is 0 Å². The molecular formula is C24H25FN4O3. The van der Waals surface area contributed by atoms with Gasteiger partial charge in [-0.1, -0.05) is 18.2 Å². The maximum absolute atomic E-state index is 13.7. The van der Waals surface area contributed by atoms with E-state index in [2.05, 4.69) is 9.98 Å². The lowest BCUT2D eigenvalue weighted by atomic mass is 10.0. The Morgan fingerprint density at radius 1 is 1.25 bits per heavy atom. The molecule has 3 heterocycles. The van der Waals surface area contributed by atoms with Gasteiger partial charge in [0, 0.05) is 37.7 Å². The zero-order valence-corrected chi connectivity index (χ0v) is 17.9. The van der Waals surface area contributed by atoms with Crippen molar-refractivity contribution in [2.75, 3.05) is 19.6 Å². The smallest absolute Gasteiger partial charge is 0.252 e. The molecule has 4 rings (SSSR count). The van der Waals surface area contributed by atoms with Gasteiger partial charge in [-0.3, -0.25) is 19.6 Å². The van der Waals surface area contributed by atoms with Crippen molar-refractivity contribution < 1.29 is 18.7 Å². The standard InChI is InChI=1S/C24H25FN4O3/c1-15-2-3-16(10-20(15)25)11-23(30)29-8-5-18(6-9-29)32-22-14-28-21(12-19(22)24(26)31)17-4-7-27-13-17/h2-4,10,12-14,18H,5-9,11H2,1H3,(H2,26,31). The van der Waals surface area contributed by atoms with Gasteiger partial charge in [0.2, 0.25) is 5.91 Å². The molecule has 1 aromatic heterocycles. The molecule has 0 atom stereocenters. The van der Waals surface area contributed by atoms with Crippen LogP contribution in [0.4, 0.5) is 4.39 Å². The van der Waals surface area contributed by atoms with E-state index in [0.29, 0.717) is 55.0 Å². The molecule has 32 heavy (non-hydrogen) atoms. The van der Waals surface area contributed by atoms with E-state index < -0.39 is 5.91 Å². The lowest BCUT2D eigenvalue weighted by Crippen LogP contribution is -2.42. The van der Waals surface area contributed by atoms with Crippen molar-refractivity contribution in [3.8, 4) is 5.75 Å². The van der Waals surface area contributed by atoms with Gasteiger partial charge in [-0.05, 0) is 30.2 Å². The molecule has 2 amide bonds. The number of primary amides is 1. The molecule has 1 saturated heterocycles. The molecule has 166 valence electrons. The highest BCUT2D eigenvalue weighted by Gasteiger charge is 2.25. The molecule has 2 N–H and O–H groups in total. The van der Waals surface area contributed by atoms with Crippen molar-refractivity contribution in [3.05, 3.63) is 64.7 Å². The Balaban J connectivity index is 1.36. The molecular weight excluding hydrogens is 411 g/mol. The summed E-state index contributed by atoms with van der Waals surface area (Å²) in [6.07, 6.45) is 6.40. The number of hydrogen-bond acceptors (Lipinski definition) is 5. The second-order valence-corrected chi connectivity index (χ2v) is 8.04. The van der Waals surface area contributed by atoms with Gasteiger partial charge in [-0.25, -0.2) is 4.39 Å². The van der Waals surface area contributed by atoms with Crippen LogP contribution in [0.1, 0.15) is 40.0 Å². The molecule has 0 bridgehead atoms. The van der Waals surface area contributed by atoms with Gasteiger partial charge in [-0.2, -0.15) is 0 Å². The molecule has 1 aromatic carbocycles. The van der Waals surface area contributed by atoms with Crippen LogP contribution in [-0.4, -0.2) is 53.7 Å². The highest BCUT2D eigenvalue weighted by Crippen LogP contribution is 2.26. The van der Waals surface area contributed by atoms with Crippen LogP contribution < -0.4 is 10.5 Å². The number of rotatable bonds is 6. The molecule has 2 aliphatic heterocycles. The zero-order chi connectivity index (χ0) is 22.7. The summed E-state index contributed by atoms with van der Waals surface area (Å²) in [5.74, 6) is -0.584. The van der Waals surface area contributed by atoms with Crippen molar-refractivity contribution in [1.82, 2.24) is 9.88 Å². The van der Waals surface area contributed by atoms with Gasteiger partial charge in [0.1, 0.15) is 11.9 Å². The number of ether oxygens (including phenoxy) is 1. The number of carbonyl (C=O) groups excluding carboxylic acids is 2. The minimum absolute atomic E-state index is 0.0398. The number of aryl methyl sites for hydroxylation is 1. The van der Waals surface area contributed by atoms with E-state index in [-0.39, 0.29) is 29.8 Å². The fourth-order valence-electron chi connectivity index (χ4n) is 3.85. The Hall–Kier alpha value is -3.55. The minimum Gasteiger partial charge on any atom is -0.488 e. The number of benzene rings is 1. The van der Waals surface area contributed by atoms with Crippen LogP contribution in [0.3, 0.4) is 0 Å². The van der Waals surface area contributed by atoms with Gasteiger partial charge in [-0.15, -0.1) is 0 Å². The van der Waals surface area contributed by atoms with Crippen molar-refractivity contribution in [3.63, 3.8) is 0 Å². The van der Waals surface area contributed by atoms with Crippen LogP contribution >= 0.6 is 0 Å². The van der Waals surface area contributed by atoms with Crippen LogP contribution in [0.2, 0.25) is 0 Å².